The number of halogens is 5. The third kappa shape index (κ3) is 6.42. The molecule has 290 valence electrons. The number of anilines is 1. The normalized spacial score (nSPS) is 24.9. The number of nitrogens with zero attached hydrogens (tertiary/aromatic N) is 6. The first-order chi connectivity index (χ1) is 27.0. The summed E-state index contributed by atoms with van der Waals surface area (Å²) in [5.41, 5.74) is -0.363. The fourth-order valence-electron chi connectivity index (χ4n) is 9.41. The van der Waals surface area contributed by atoms with Crippen LogP contribution < -0.4 is 20.1 Å². The van der Waals surface area contributed by atoms with Gasteiger partial charge in [0, 0.05) is 41.7 Å². The van der Waals surface area contributed by atoms with Crippen molar-refractivity contribution in [3.8, 4) is 35.5 Å². The van der Waals surface area contributed by atoms with Crippen LogP contribution in [-0.4, -0.2) is 79.8 Å². The van der Waals surface area contributed by atoms with Gasteiger partial charge < -0.3 is 20.1 Å². The first-order valence-electron chi connectivity index (χ1n) is 19.0. The minimum Gasteiger partial charge on any atom is -0.476 e. The number of terminal acetylenes is 1. The fourth-order valence-corrected chi connectivity index (χ4v) is 9.41. The highest BCUT2D eigenvalue weighted by atomic mass is 19.4. The second-order valence-electron chi connectivity index (χ2n) is 15.4. The molecule has 9 rings (SSSR count). The number of nitrogens with one attached hydrogen (secondary N) is 2. The van der Waals surface area contributed by atoms with Crippen molar-refractivity contribution in [2.45, 2.75) is 81.7 Å². The van der Waals surface area contributed by atoms with Crippen molar-refractivity contribution in [3.05, 3.63) is 71.3 Å². The van der Waals surface area contributed by atoms with Crippen molar-refractivity contribution >= 4 is 27.5 Å². The van der Waals surface area contributed by atoms with Crippen LogP contribution in [0.15, 0.2) is 42.7 Å². The summed E-state index contributed by atoms with van der Waals surface area (Å²) in [5.74, 6) is 1.87. The summed E-state index contributed by atoms with van der Waals surface area (Å²) in [7, 11) is 0. The van der Waals surface area contributed by atoms with Crippen LogP contribution >= 0.6 is 0 Å². The van der Waals surface area contributed by atoms with Gasteiger partial charge >= 0.3 is 12.2 Å². The van der Waals surface area contributed by atoms with Gasteiger partial charge in [-0.25, -0.2) is 23.7 Å². The summed E-state index contributed by atoms with van der Waals surface area (Å²) in [6, 6.07) is 9.41. The number of fused-ring (bicyclic) bond motifs is 4. The van der Waals surface area contributed by atoms with Crippen LogP contribution in [-0.2, 0) is 12.6 Å². The SMILES string of the molecule is C#Cc1c(F)ccc2cccc(-c3nc4c5c(nc(OC[C@@]67CCCN6[C@H](COc6cc(C(F)(F)F)ncn6)CC7)nc5c3F)NC[C@H]3C[C@H](CC4)[C@H](C)N3)c12. The Balaban J connectivity index is 1.06. The molecule has 3 fully saturated rings. The van der Waals surface area contributed by atoms with Gasteiger partial charge in [0.2, 0.25) is 5.88 Å². The number of alkyl halides is 3. The molecule has 3 saturated heterocycles. The first kappa shape index (κ1) is 36.4. The highest BCUT2D eigenvalue weighted by Gasteiger charge is 2.50. The summed E-state index contributed by atoms with van der Waals surface area (Å²) in [6.07, 6.45) is 7.57. The largest absolute Gasteiger partial charge is 0.476 e. The maximum atomic E-state index is 17.2. The number of pyridine rings is 1. The second kappa shape index (κ2) is 14.1. The average Bonchev–Trinajstić information content (AvgIpc) is 3.87. The molecule has 0 amide bonds. The monoisotopic (exact) mass is 770 g/mol. The zero-order valence-corrected chi connectivity index (χ0v) is 30.6. The molecule has 56 heavy (non-hydrogen) atoms. The Labute approximate surface area is 319 Å². The van der Waals surface area contributed by atoms with E-state index in [1.54, 1.807) is 24.3 Å². The van der Waals surface area contributed by atoms with Gasteiger partial charge in [0.1, 0.15) is 42.4 Å². The Hall–Kier alpha value is -5.20. The van der Waals surface area contributed by atoms with E-state index in [-0.39, 0.29) is 60.0 Å². The van der Waals surface area contributed by atoms with Crippen LogP contribution in [0.5, 0.6) is 11.9 Å². The molecule has 4 aliphatic rings. The number of aromatic nitrogens is 5. The molecular formula is C41H39F5N8O2. The van der Waals surface area contributed by atoms with Gasteiger partial charge in [0.15, 0.2) is 11.5 Å². The van der Waals surface area contributed by atoms with Crippen LogP contribution in [0.1, 0.15) is 62.4 Å². The lowest BCUT2D eigenvalue weighted by molar-refractivity contribution is -0.141. The van der Waals surface area contributed by atoms with Crippen molar-refractivity contribution in [1.29, 1.82) is 0 Å². The van der Waals surface area contributed by atoms with E-state index in [1.165, 1.54) is 6.07 Å². The standard InChI is InChI=1S/C41H39F5N8O2/c1-3-27-29(42)10-8-23-6-4-7-28(33(23)27)36-35(43)37-34-30(51-36)11-9-24-16-25(50-22(24)2)18-47-38(34)53-39(52-37)56-20-40-13-5-15-54(40)26(12-14-40)19-55-32-17-31(41(44,45)46)48-21-49-32/h1,4,6-8,10,17,21-22,24-26,50H,5,9,11-16,18-20H2,2H3,(H,47,52,53)/t22-,24-,25+,26-,40-/m0/s1. The Bertz CT molecular complexity index is 2390. The van der Waals surface area contributed by atoms with Gasteiger partial charge in [0.05, 0.1) is 22.2 Å². The second-order valence-corrected chi connectivity index (χ2v) is 15.4. The van der Waals surface area contributed by atoms with E-state index in [9.17, 15) is 13.2 Å². The number of aryl methyl sites for hydroxylation is 1. The van der Waals surface area contributed by atoms with Crippen LogP contribution in [0.4, 0.5) is 27.8 Å². The van der Waals surface area contributed by atoms with E-state index in [0.717, 1.165) is 57.5 Å². The lowest BCUT2D eigenvalue weighted by atomic mass is 9.91. The van der Waals surface area contributed by atoms with Gasteiger partial charge in [-0.3, -0.25) is 4.90 Å². The van der Waals surface area contributed by atoms with Crippen molar-refractivity contribution in [3.63, 3.8) is 0 Å². The third-order valence-corrected chi connectivity index (χ3v) is 12.2. The number of benzene rings is 2. The topological polar surface area (TPSA) is 110 Å². The van der Waals surface area contributed by atoms with Crippen LogP contribution in [0.2, 0.25) is 0 Å². The number of hydrogen-bond donors (Lipinski definition) is 2. The quantitative estimate of drug-likeness (QED) is 0.132. The molecule has 2 bridgehead atoms. The Morgan fingerprint density at radius 3 is 2.75 bits per heavy atom. The van der Waals surface area contributed by atoms with E-state index in [0.29, 0.717) is 52.1 Å². The Morgan fingerprint density at radius 1 is 1.04 bits per heavy atom. The molecule has 5 aromatic rings. The molecule has 4 aliphatic heterocycles. The van der Waals surface area contributed by atoms with E-state index in [2.05, 4.69) is 38.3 Å². The van der Waals surface area contributed by atoms with Gasteiger partial charge in [-0.05, 0) is 75.8 Å². The zero-order valence-electron chi connectivity index (χ0n) is 30.6. The number of hydrogen-bond acceptors (Lipinski definition) is 10. The van der Waals surface area contributed by atoms with Crippen LogP contribution in [0, 0.1) is 29.9 Å². The van der Waals surface area contributed by atoms with Gasteiger partial charge in [-0.1, -0.05) is 30.2 Å². The molecule has 7 heterocycles. The summed E-state index contributed by atoms with van der Waals surface area (Å²) < 4.78 is 84.2. The van der Waals surface area contributed by atoms with Crippen molar-refractivity contribution in [2.24, 2.45) is 5.92 Å². The van der Waals surface area contributed by atoms with E-state index < -0.39 is 29.0 Å². The van der Waals surface area contributed by atoms with Crippen molar-refractivity contribution in [1.82, 2.24) is 35.1 Å². The molecule has 3 aromatic heterocycles. The molecule has 0 unspecified atom stereocenters. The molecule has 15 heteroatoms. The summed E-state index contributed by atoms with van der Waals surface area (Å²) >= 11 is 0. The van der Waals surface area contributed by atoms with Gasteiger partial charge in [-0.2, -0.15) is 23.1 Å². The average molecular weight is 771 g/mol. The maximum absolute atomic E-state index is 17.2. The minimum absolute atomic E-state index is 0.000413. The van der Waals surface area contributed by atoms with Crippen LogP contribution in [0.3, 0.4) is 0 Å². The smallest absolute Gasteiger partial charge is 0.433 e. The molecule has 2 N–H and O–H groups in total. The lowest BCUT2D eigenvalue weighted by Gasteiger charge is -2.34. The zero-order chi connectivity index (χ0) is 38.8. The number of ether oxygens (including phenoxy) is 2. The maximum Gasteiger partial charge on any atom is 0.433 e. The molecular weight excluding hydrogens is 731 g/mol. The molecule has 0 spiro atoms. The Morgan fingerprint density at radius 2 is 1.91 bits per heavy atom. The van der Waals surface area contributed by atoms with E-state index in [1.807, 2.05) is 0 Å². The first-order valence-corrected chi connectivity index (χ1v) is 19.0. The summed E-state index contributed by atoms with van der Waals surface area (Å²) in [5, 5.41) is 8.68. The molecule has 2 aromatic carbocycles. The predicted molar refractivity (Wildman–Crippen MR) is 199 cm³/mol. The highest BCUT2D eigenvalue weighted by molar-refractivity contribution is 6.02. The van der Waals surface area contributed by atoms with Crippen LogP contribution in [0.25, 0.3) is 32.9 Å². The molecule has 10 nitrogen and oxygen atoms in total. The number of rotatable bonds is 7. The third-order valence-electron chi connectivity index (χ3n) is 12.2. The van der Waals surface area contributed by atoms with Gasteiger partial charge in [-0.15, -0.1) is 6.42 Å². The molecule has 5 atom stereocenters. The van der Waals surface area contributed by atoms with Crippen molar-refractivity contribution in [2.75, 3.05) is 31.6 Å². The summed E-state index contributed by atoms with van der Waals surface area (Å²) in [6.45, 7) is 3.85. The Kier molecular flexibility index (Phi) is 9.16. The van der Waals surface area contributed by atoms with Crippen molar-refractivity contribution < 1.29 is 31.4 Å². The summed E-state index contributed by atoms with van der Waals surface area (Å²) in [4.78, 5) is 24.0. The van der Waals surface area contributed by atoms with Gasteiger partial charge in [0.25, 0.3) is 0 Å². The molecule has 0 saturated carbocycles. The molecule has 0 radical (unpaired) electrons. The lowest BCUT2D eigenvalue weighted by Crippen LogP contribution is -2.48. The predicted octanol–water partition coefficient (Wildman–Crippen LogP) is 7.09. The fraction of sp³-hybridized carbons (Fsp3) is 0.439. The molecule has 0 aliphatic carbocycles. The highest BCUT2D eigenvalue weighted by Crippen LogP contribution is 2.44. The minimum atomic E-state index is -4.61. The van der Waals surface area contributed by atoms with E-state index >= 15 is 8.78 Å². The van der Waals surface area contributed by atoms with E-state index in [4.69, 9.17) is 30.8 Å².